The second-order valence-electron chi connectivity index (χ2n) is 11.1. The Labute approximate surface area is 236 Å². The number of aliphatic hydroxyl groups is 2. The predicted molar refractivity (Wildman–Crippen MR) is 152 cm³/mol. The molecule has 2 aliphatic rings. The molecule has 2 aliphatic carbocycles. The van der Waals surface area contributed by atoms with Crippen molar-refractivity contribution in [1.29, 1.82) is 0 Å². The number of hydrogen-bond acceptors (Lipinski definition) is 8. The van der Waals surface area contributed by atoms with Crippen LogP contribution in [0.25, 0.3) is 0 Å². The molecule has 8 nitrogen and oxygen atoms in total. The number of benzene rings is 1. The van der Waals surface area contributed by atoms with E-state index in [0.717, 1.165) is 21.9 Å². The number of thiophene rings is 1. The molecule has 0 spiro atoms. The Morgan fingerprint density at radius 3 is 2.64 bits per heavy atom. The third kappa shape index (κ3) is 5.23. The minimum absolute atomic E-state index is 0.0491. The standard InChI is InChI=1S/C29H35N3O5S2/c1-28-11-10-23(34)29(2,16-33)22(28)14-21-25(20(28)13-24(35)30-15-19-5-4-12-38-19)31-27(39-21)32-26(36)17-6-8-18(37-3)9-7-17/h4-9,12,20,22-23,33-34H,10-11,13-16H2,1-3H3,(H,30,35)(H,31,32,36)/t20-,22+,23-,28+,29+/m1/s1. The summed E-state index contributed by atoms with van der Waals surface area (Å²) in [6.07, 6.45) is 1.53. The number of carbonyl (C=O) groups is 2. The highest BCUT2D eigenvalue weighted by Crippen LogP contribution is 2.62. The number of amides is 2. The Balaban J connectivity index is 1.44. The third-order valence-corrected chi connectivity index (χ3v) is 10.8. The average Bonchev–Trinajstić information content (AvgIpc) is 3.61. The first-order valence-corrected chi connectivity index (χ1v) is 14.9. The van der Waals surface area contributed by atoms with E-state index in [1.165, 1.54) is 11.3 Å². The highest BCUT2D eigenvalue weighted by molar-refractivity contribution is 7.16. The minimum atomic E-state index is -0.702. The number of aliphatic hydroxyl groups excluding tert-OH is 2. The van der Waals surface area contributed by atoms with Crippen molar-refractivity contribution in [2.45, 2.75) is 58.1 Å². The van der Waals surface area contributed by atoms with E-state index in [9.17, 15) is 19.8 Å². The van der Waals surface area contributed by atoms with Gasteiger partial charge in [0.25, 0.3) is 5.91 Å². The lowest BCUT2D eigenvalue weighted by atomic mass is 9.47. The zero-order valence-corrected chi connectivity index (χ0v) is 24.0. The van der Waals surface area contributed by atoms with E-state index in [4.69, 9.17) is 9.72 Å². The highest BCUT2D eigenvalue weighted by Gasteiger charge is 2.59. The van der Waals surface area contributed by atoms with Gasteiger partial charge in [0.1, 0.15) is 5.75 Å². The van der Waals surface area contributed by atoms with E-state index >= 15 is 0 Å². The summed E-state index contributed by atoms with van der Waals surface area (Å²) in [7, 11) is 1.58. The molecule has 2 aromatic heterocycles. The number of thiazole rings is 1. The van der Waals surface area contributed by atoms with Crippen LogP contribution in [0, 0.1) is 16.7 Å². The summed E-state index contributed by atoms with van der Waals surface area (Å²) in [5.41, 5.74) is 0.277. The van der Waals surface area contributed by atoms with Crippen molar-refractivity contribution >= 4 is 39.6 Å². The van der Waals surface area contributed by atoms with Gasteiger partial charge in [0.2, 0.25) is 5.91 Å². The first-order chi connectivity index (χ1) is 18.7. The number of fused-ring (bicyclic) bond motifs is 2. The molecule has 0 aliphatic heterocycles. The van der Waals surface area contributed by atoms with Crippen molar-refractivity contribution in [3.05, 3.63) is 62.8 Å². The Hall–Kier alpha value is -2.79. The maximum absolute atomic E-state index is 13.2. The number of ether oxygens (including phenoxy) is 1. The van der Waals surface area contributed by atoms with E-state index in [0.29, 0.717) is 35.8 Å². The van der Waals surface area contributed by atoms with Crippen LogP contribution in [0.4, 0.5) is 5.13 Å². The van der Waals surface area contributed by atoms with Gasteiger partial charge in [-0.3, -0.25) is 14.9 Å². The summed E-state index contributed by atoms with van der Waals surface area (Å²) in [5.74, 6) is 0.0762. The molecule has 208 valence electrons. The van der Waals surface area contributed by atoms with Crippen LogP contribution in [0.3, 0.4) is 0 Å². The molecule has 0 bridgehead atoms. The first kappa shape index (κ1) is 27.8. The molecule has 2 amide bonds. The average molecular weight is 570 g/mol. The Kier molecular flexibility index (Phi) is 7.83. The zero-order chi connectivity index (χ0) is 27.8. The fraction of sp³-hybridized carbons (Fsp3) is 0.483. The van der Waals surface area contributed by atoms with Crippen LogP contribution in [-0.2, 0) is 17.8 Å². The highest BCUT2D eigenvalue weighted by atomic mass is 32.1. The normalized spacial score (nSPS) is 27.8. The summed E-state index contributed by atoms with van der Waals surface area (Å²) in [5, 5.41) is 29.9. The quantitative estimate of drug-likeness (QED) is 0.315. The molecule has 0 unspecified atom stereocenters. The van der Waals surface area contributed by atoms with Gasteiger partial charge in [-0.1, -0.05) is 19.9 Å². The van der Waals surface area contributed by atoms with Crippen LogP contribution < -0.4 is 15.4 Å². The van der Waals surface area contributed by atoms with E-state index in [-0.39, 0.29) is 42.1 Å². The molecular formula is C29H35N3O5S2. The van der Waals surface area contributed by atoms with Crippen LogP contribution in [-0.4, -0.2) is 46.8 Å². The monoisotopic (exact) mass is 569 g/mol. The molecule has 1 fully saturated rings. The Morgan fingerprint density at radius 1 is 1.21 bits per heavy atom. The van der Waals surface area contributed by atoms with E-state index in [1.54, 1.807) is 42.7 Å². The summed E-state index contributed by atoms with van der Waals surface area (Å²) in [4.78, 5) is 33.2. The molecule has 5 rings (SSSR count). The van der Waals surface area contributed by atoms with Gasteiger partial charge in [-0.25, -0.2) is 4.98 Å². The topological polar surface area (TPSA) is 121 Å². The summed E-state index contributed by atoms with van der Waals surface area (Å²) >= 11 is 3.01. The van der Waals surface area contributed by atoms with E-state index in [2.05, 4.69) is 17.6 Å². The zero-order valence-electron chi connectivity index (χ0n) is 22.4. The van der Waals surface area contributed by atoms with Gasteiger partial charge in [-0.15, -0.1) is 22.7 Å². The lowest BCUT2D eigenvalue weighted by Crippen LogP contribution is -2.57. The molecule has 2 heterocycles. The lowest BCUT2D eigenvalue weighted by Gasteiger charge is -2.58. The van der Waals surface area contributed by atoms with Crippen molar-refractivity contribution in [3.8, 4) is 5.75 Å². The van der Waals surface area contributed by atoms with E-state index < -0.39 is 11.5 Å². The molecule has 0 saturated heterocycles. The van der Waals surface area contributed by atoms with Crippen LogP contribution in [0.2, 0.25) is 0 Å². The number of rotatable bonds is 8. The molecule has 39 heavy (non-hydrogen) atoms. The number of hydrogen-bond donors (Lipinski definition) is 4. The number of anilines is 1. The summed E-state index contributed by atoms with van der Waals surface area (Å²) in [6.45, 7) is 4.46. The Morgan fingerprint density at radius 2 is 1.97 bits per heavy atom. The Bertz CT molecular complexity index is 1330. The fourth-order valence-electron chi connectivity index (χ4n) is 6.47. The maximum atomic E-state index is 13.2. The van der Waals surface area contributed by atoms with Gasteiger partial charge >= 0.3 is 0 Å². The SMILES string of the molecule is COc1ccc(C(=O)Nc2nc3c(s2)C[C@@H]2[C@](C)(CO)[C@H](O)CC[C@@]2(C)[C@@H]3CC(=O)NCc2cccs2)cc1. The first-order valence-electron chi connectivity index (χ1n) is 13.2. The summed E-state index contributed by atoms with van der Waals surface area (Å²) < 4.78 is 5.18. The number of carbonyl (C=O) groups excluding carboxylic acids is 2. The number of aromatic nitrogens is 1. The maximum Gasteiger partial charge on any atom is 0.257 e. The molecule has 5 atom stereocenters. The van der Waals surface area contributed by atoms with Gasteiger partial charge in [-0.05, 0) is 66.3 Å². The number of methoxy groups -OCH3 is 1. The predicted octanol–water partition coefficient (Wildman–Crippen LogP) is 4.59. The fourth-order valence-corrected chi connectivity index (χ4v) is 8.18. The third-order valence-electron chi connectivity index (χ3n) is 8.90. The van der Waals surface area contributed by atoms with Crippen LogP contribution in [0.15, 0.2) is 41.8 Å². The van der Waals surface area contributed by atoms with Gasteiger partial charge in [0.15, 0.2) is 5.13 Å². The number of nitrogens with zero attached hydrogens (tertiary/aromatic N) is 1. The molecule has 10 heteroatoms. The molecule has 0 radical (unpaired) electrons. The minimum Gasteiger partial charge on any atom is -0.497 e. The molecule has 3 aromatic rings. The van der Waals surface area contributed by atoms with Gasteiger partial charge in [-0.2, -0.15) is 0 Å². The second-order valence-corrected chi connectivity index (χ2v) is 13.2. The van der Waals surface area contributed by atoms with Crippen molar-refractivity contribution < 1.29 is 24.5 Å². The largest absolute Gasteiger partial charge is 0.497 e. The van der Waals surface area contributed by atoms with E-state index in [1.807, 2.05) is 24.4 Å². The summed E-state index contributed by atoms with van der Waals surface area (Å²) in [6, 6.07) is 10.8. The van der Waals surface area contributed by atoms with Gasteiger partial charge in [0.05, 0.1) is 32.1 Å². The van der Waals surface area contributed by atoms with Gasteiger partial charge in [0, 0.05) is 33.1 Å². The van der Waals surface area contributed by atoms with Crippen molar-refractivity contribution in [2.75, 3.05) is 19.0 Å². The molecular weight excluding hydrogens is 534 g/mol. The van der Waals surface area contributed by atoms with Crippen molar-refractivity contribution in [3.63, 3.8) is 0 Å². The smallest absolute Gasteiger partial charge is 0.257 e. The van der Waals surface area contributed by atoms with Crippen LogP contribution >= 0.6 is 22.7 Å². The van der Waals surface area contributed by atoms with Crippen LogP contribution in [0.5, 0.6) is 5.75 Å². The molecule has 4 N–H and O–H groups in total. The van der Waals surface area contributed by atoms with Crippen molar-refractivity contribution in [2.24, 2.45) is 16.7 Å². The molecule has 1 saturated carbocycles. The molecule has 1 aromatic carbocycles. The number of nitrogens with one attached hydrogen (secondary N) is 2. The second kappa shape index (κ2) is 11.0. The van der Waals surface area contributed by atoms with Crippen LogP contribution in [0.1, 0.15) is 64.8 Å². The van der Waals surface area contributed by atoms with Crippen molar-refractivity contribution in [1.82, 2.24) is 10.3 Å². The lowest BCUT2D eigenvalue weighted by molar-refractivity contribution is -0.144. The van der Waals surface area contributed by atoms with Gasteiger partial charge < -0.3 is 20.3 Å².